The first kappa shape index (κ1) is 18.6. The Hall–Kier alpha value is -2.18. The van der Waals surface area contributed by atoms with E-state index in [2.05, 4.69) is 10.6 Å². The molecule has 3 rings (SSSR count). The highest BCUT2D eigenvalue weighted by atomic mass is 16.3. The average Bonchev–Trinajstić information content (AvgIpc) is 3.06. The van der Waals surface area contributed by atoms with Crippen LogP contribution in [-0.2, 0) is 4.79 Å². The van der Waals surface area contributed by atoms with Gasteiger partial charge in [0, 0.05) is 35.1 Å². The molecule has 1 amide bonds. The Kier molecular flexibility index (Phi) is 5.44. The number of piperidine rings is 1. The highest BCUT2D eigenvalue weighted by Gasteiger charge is 2.33. The van der Waals surface area contributed by atoms with E-state index in [1.807, 2.05) is 42.7 Å². The van der Waals surface area contributed by atoms with Crippen LogP contribution in [0.2, 0.25) is 0 Å². The van der Waals surface area contributed by atoms with E-state index in [1.54, 1.807) is 6.20 Å². The van der Waals surface area contributed by atoms with Crippen molar-refractivity contribution in [3.05, 3.63) is 36.0 Å². The lowest BCUT2D eigenvalue weighted by Crippen LogP contribution is -2.48. The van der Waals surface area contributed by atoms with Crippen LogP contribution in [0.3, 0.4) is 0 Å². The number of carbonyl (C=O) groups is 2. The van der Waals surface area contributed by atoms with Gasteiger partial charge in [0.15, 0.2) is 0 Å². The number of hydrogen-bond acceptors (Lipinski definition) is 4. The summed E-state index contributed by atoms with van der Waals surface area (Å²) in [6, 6.07) is 7.82. The predicted molar refractivity (Wildman–Crippen MR) is 101 cm³/mol. The van der Waals surface area contributed by atoms with E-state index < -0.39 is 11.7 Å². The van der Waals surface area contributed by atoms with E-state index in [9.17, 15) is 14.7 Å². The second-order valence-electron chi connectivity index (χ2n) is 7.48. The number of benzene rings is 1. The number of Topliss-reactive ketones (excluding diaryl/α,β-unsaturated/α-hetero) is 1. The fraction of sp³-hybridized carbons (Fsp3) is 0.500. The number of ketones is 1. The highest BCUT2D eigenvalue weighted by Crippen LogP contribution is 2.28. The monoisotopic (exact) mass is 357 g/mol. The number of hydrogen-bond donors (Lipinski definition) is 3. The fourth-order valence-corrected chi connectivity index (χ4v) is 3.63. The largest absolute Gasteiger partial charge is 0.396 e. The Balaban J connectivity index is 1.79. The number of rotatable bonds is 6. The number of nitrogens with zero attached hydrogens (tertiary/aromatic N) is 1. The molecule has 140 valence electrons. The zero-order chi connectivity index (χ0) is 18.7. The number of nitrogens with one attached hydrogen (secondary N) is 2. The predicted octanol–water partition coefficient (Wildman–Crippen LogP) is 1.88. The minimum atomic E-state index is -0.608. The van der Waals surface area contributed by atoms with Crippen LogP contribution < -0.4 is 10.6 Å². The SMILES string of the molecule is CC(C)n1cc(C(=O)C(=O)NCC2(CO)CCNCC2)c2ccccc21. The standard InChI is InChI=1S/C20H27N3O3/c1-14(2)23-11-16(15-5-3-4-6-17(15)23)18(25)19(26)22-12-20(13-24)7-9-21-10-8-20/h3-6,11,14,21,24H,7-10,12-13H2,1-2H3,(H,22,26). The molecule has 2 heterocycles. The first-order valence-electron chi connectivity index (χ1n) is 9.21. The lowest BCUT2D eigenvalue weighted by atomic mass is 9.79. The molecule has 0 bridgehead atoms. The van der Waals surface area contributed by atoms with Crippen molar-refractivity contribution in [3.8, 4) is 0 Å². The maximum absolute atomic E-state index is 12.8. The Morgan fingerprint density at radius 3 is 2.62 bits per heavy atom. The van der Waals surface area contributed by atoms with Crippen molar-refractivity contribution in [1.82, 2.24) is 15.2 Å². The molecule has 2 aromatic rings. The number of para-hydroxylation sites is 1. The van der Waals surface area contributed by atoms with Gasteiger partial charge in [0.05, 0.1) is 12.2 Å². The minimum absolute atomic E-state index is 0.00973. The third kappa shape index (κ3) is 3.52. The number of fused-ring (bicyclic) bond motifs is 1. The topological polar surface area (TPSA) is 83.4 Å². The van der Waals surface area contributed by atoms with Crippen LogP contribution in [0.25, 0.3) is 10.9 Å². The third-order valence-electron chi connectivity index (χ3n) is 5.37. The fourth-order valence-electron chi connectivity index (χ4n) is 3.63. The molecule has 1 saturated heterocycles. The zero-order valence-electron chi connectivity index (χ0n) is 15.4. The Morgan fingerprint density at radius 1 is 1.27 bits per heavy atom. The van der Waals surface area contributed by atoms with E-state index in [0.717, 1.165) is 36.8 Å². The molecule has 1 aromatic carbocycles. The van der Waals surface area contributed by atoms with Crippen molar-refractivity contribution in [2.45, 2.75) is 32.7 Å². The summed E-state index contributed by atoms with van der Waals surface area (Å²) in [6.45, 7) is 6.04. The molecule has 0 radical (unpaired) electrons. The summed E-state index contributed by atoms with van der Waals surface area (Å²) in [4.78, 5) is 25.3. The van der Waals surface area contributed by atoms with Gasteiger partial charge >= 0.3 is 0 Å². The quantitative estimate of drug-likeness (QED) is 0.544. The molecule has 0 aliphatic carbocycles. The van der Waals surface area contributed by atoms with Crippen molar-refractivity contribution >= 4 is 22.6 Å². The molecular weight excluding hydrogens is 330 g/mol. The van der Waals surface area contributed by atoms with Crippen molar-refractivity contribution in [3.63, 3.8) is 0 Å². The van der Waals surface area contributed by atoms with Gasteiger partial charge in [-0.2, -0.15) is 0 Å². The summed E-state index contributed by atoms with van der Waals surface area (Å²) in [6.07, 6.45) is 3.33. The van der Waals surface area contributed by atoms with Gasteiger partial charge in [0.1, 0.15) is 0 Å². The molecule has 6 nitrogen and oxygen atoms in total. The van der Waals surface area contributed by atoms with Crippen molar-refractivity contribution in [1.29, 1.82) is 0 Å². The van der Waals surface area contributed by atoms with Crippen LogP contribution in [0.4, 0.5) is 0 Å². The summed E-state index contributed by atoms with van der Waals surface area (Å²) in [5.41, 5.74) is 1.03. The highest BCUT2D eigenvalue weighted by molar-refractivity contribution is 6.45. The van der Waals surface area contributed by atoms with Crippen LogP contribution in [0.15, 0.2) is 30.5 Å². The van der Waals surface area contributed by atoms with Crippen LogP contribution in [0.5, 0.6) is 0 Å². The van der Waals surface area contributed by atoms with Gasteiger partial charge in [-0.15, -0.1) is 0 Å². The normalized spacial score (nSPS) is 16.8. The van der Waals surface area contributed by atoms with Gasteiger partial charge in [0.2, 0.25) is 0 Å². The molecule has 1 aromatic heterocycles. The second-order valence-corrected chi connectivity index (χ2v) is 7.48. The van der Waals surface area contributed by atoms with Crippen molar-refractivity contribution in [2.24, 2.45) is 5.41 Å². The van der Waals surface area contributed by atoms with E-state index >= 15 is 0 Å². The smallest absolute Gasteiger partial charge is 0.292 e. The zero-order valence-corrected chi connectivity index (χ0v) is 15.4. The van der Waals surface area contributed by atoms with Crippen molar-refractivity contribution < 1.29 is 14.7 Å². The third-order valence-corrected chi connectivity index (χ3v) is 5.37. The first-order valence-corrected chi connectivity index (χ1v) is 9.21. The Morgan fingerprint density at radius 2 is 1.96 bits per heavy atom. The molecule has 26 heavy (non-hydrogen) atoms. The molecule has 0 spiro atoms. The van der Waals surface area contributed by atoms with Crippen molar-refractivity contribution in [2.75, 3.05) is 26.2 Å². The molecule has 3 N–H and O–H groups in total. The van der Waals surface area contributed by atoms with Gasteiger partial charge in [-0.1, -0.05) is 18.2 Å². The molecule has 1 aliphatic rings. The van der Waals surface area contributed by atoms with Crippen LogP contribution in [0.1, 0.15) is 43.1 Å². The van der Waals surface area contributed by atoms with Gasteiger partial charge in [-0.25, -0.2) is 0 Å². The number of aromatic nitrogens is 1. The number of carbonyl (C=O) groups excluding carboxylic acids is 2. The molecule has 0 atom stereocenters. The van der Waals surface area contributed by atoms with E-state index in [0.29, 0.717) is 12.1 Å². The Bertz CT molecular complexity index is 804. The maximum Gasteiger partial charge on any atom is 0.292 e. The summed E-state index contributed by atoms with van der Waals surface area (Å²) >= 11 is 0. The van der Waals surface area contributed by atoms with Crippen LogP contribution >= 0.6 is 0 Å². The van der Waals surface area contributed by atoms with Gasteiger partial charge < -0.3 is 20.3 Å². The summed E-state index contributed by atoms with van der Waals surface area (Å²) in [5.74, 6) is -1.13. The van der Waals surface area contributed by atoms with Gasteiger partial charge in [0.25, 0.3) is 11.7 Å². The minimum Gasteiger partial charge on any atom is -0.396 e. The molecule has 1 fully saturated rings. The van der Waals surface area contributed by atoms with Crippen LogP contribution in [0, 0.1) is 5.41 Å². The molecule has 0 unspecified atom stereocenters. The van der Waals surface area contributed by atoms with E-state index in [1.165, 1.54) is 0 Å². The van der Waals surface area contributed by atoms with Gasteiger partial charge in [-0.05, 0) is 45.8 Å². The average molecular weight is 357 g/mol. The number of amides is 1. The summed E-state index contributed by atoms with van der Waals surface area (Å²) < 4.78 is 2.01. The lowest BCUT2D eigenvalue weighted by molar-refractivity contribution is -0.117. The Labute approximate surface area is 153 Å². The lowest BCUT2D eigenvalue weighted by Gasteiger charge is -2.35. The van der Waals surface area contributed by atoms with E-state index in [-0.39, 0.29) is 18.1 Å². The van der Waals surface area contributed by atoms with Gasteiger partial charge in [-0.3, -0.25) is 9.59 Å². The summed E-state index contributed by atoms with van der Waals surface area (Å²) in [7, 11) is 0. The molecular formula is C20H27N3O3. The number of aliphatic hydroxyl groups is 1. The first-order chi connectivity index (χ1) is 12.5. The molecule has 0 saturated carbocycles. The molecule has 1 aliphatic heterocycles. The van der Waals surface area contributed by atoms with E-state index in [4.69, 9.17) is 0 Å². The van der Waals surface area contributed by atoms with Crippen LogP contribution in [-0.4, -0.2) is 47.6 Å². The molecule has 6 heteroatoms. The summed E-state index contributed by atoms with van der Waals surface area (Å²) in [5, 5.41) is 16.6. The number of aliphatic hydroxyl groups excluding tert-OH is 1. The maximum atomic E-state index is 12.8. The second kappa shape index (κ2) is 7.60.